The third-order valence-electron chi connectivity index (χ3n) is 4.84. The lowest BCUT2D eigenvalue weighted by molar-refractivity contribution is 0.0429. The zero-order chi connectivity index (χ0) is 23.4. The maximum atomic E-state index is 13.0. The second-order valence-corrected chi connectivity index (χ2v) is 9.13. The lowest BCUT2D eigenvalue weighted by Gasteiger charge is -2.20. The number of aromatic nitrogens is 3. The Hall–Kier alpha value is -4.05. The van der Waals surface area contributed by atoms with Crippen LogP contribution in [0.25, 0.3) is 11.4 Å². The molecule has 0 N–H and O–H groups in total. The number of benzene rings is 2. The first-order chi connectivity index (χ1) is 15.8. The molecule has 0 bridgehead atoms. The van der Waals surface area contributed by atoms with Crippen LogP contribution in [0.1, 0.15) is 21.8 Å². The maximum Gasteiger partial charge on any atom is 0.338 e. The van der Waals surface area contributed by atoms with Crippen LogP contribution < -0.4 is 4.31 Å². The fourth-order valence-electron chi connectivity index (χ4n) is 2.97. The molecule has 0 unspecified atom stereocenters. The normalized spacial score (nSPS) is 11.2. The second kappa shape index (κ2) is 9.21. The van der Waals surface area contributed by atoms with Crippen molar-refractivity contribution >= 4 is 21.7 Å². The van der Waals surface area contributed by atoms with Crippen LogP contribution in [-0.2, 0) is 21.4 Å². The maximum absolute atomic E-state index is 13.0. The Labute approximate surface area is 190 Å². The Morgan fingerprint density at radius 2 is 1.88 bits per heavy atom. The highest BCUT2D eigenvalue weighted by atomic mass is 32.2. The van der Waals surface area contributed by atoms with Crippen LogP contribution in [0.2, 0.25) is 0 Å². The molecule has 0 amide bonds. The molecule has 4 rings (SSSR count). The molecule has 0 aliphatic rings. The van der Waals surface area contributed by atoms with Gasteiger partial charge in [-0.2, -0.15) is 4.98 Å². The minimum absolute atomic E-state index is 0.0309. The van der Waals surface area contributed by atoms with Crippen molar-refractivity contribution in [3.63, 3.8) is 0 Å². The van der Waals surface area contributed by atoms with Crippen LogP contribution in [0, 0.1) is 6.92 Å². The number of ether oxygens (including phenoxy) is 1. The number of hydrogen-bond donors (Lipinski definition) is 0. The highest BCUT2D eigenvalue weighted by molar-refractivity contribution is 7.92. The zero-order valence-electron chi connectivity index (χ0n) is 17.9. The lowest BCUT2D eigenvalue weighted by Crippen LogP contribution is -2.26. The van der Waals surface area contributed by atoms with E-state index in [1.165, 1.54) is 31.3 Å². The quantitative estimate of drug-likeness (QED) is 0.381. The van der Waals surface area contributed by atoms with Gasteiger partial charge in [0.15, 0.2) is 6.61 Å². The van der Waals surface area contributed by atoms with Crippen LogP contribution in [0.4, 0.5) is 5.69 Å². The van der Waals surface area contributed by atoms with E-state index < -0.39 is 16.0 Å². The Morgan fingerprint density at radius 1 is 1.09 bits per heavy atom. The molecule has 33 heavy (non-hydrogen) atoms. The van der Waals surface area contributed by atoms with Crippen molar-refractivity contribution in [2.75, 3.05) is 11.4 Å². The van der Waals surface area contributed by atoms with E-state index in [4.69, 9.17) is 9.26 Å². The van der Waals surface area contributed by atoms with Gasteiger partial charge < -0.3 is 9.26 Å². The minimum Gasteiger partial charge on any atom is -0.452 e. The summed E-state index contributed by atoms with van der Waals surface area (Å²) in [5.74, 6) is -0.294. The predicted octanol–water partition coefficient (Wildman–Crippen LogP) is 3.62. The number of rotatable bonds is 7. The van der Waals surface area contributed by atoms with E-state index in [2.05, 4.69) is 15.1 Å². The van der Waals surface area contributed by atoms with Gasteiger partial charge in [0.25, 0.3) is 15.9 Å². The molecule has 0 fully saturated rings. The standard InChI is InChI=1S/C23H20N4O5S/c1-16-8-10-19(11-9-16)27(2)33(29,30)20-7-3-5-17(13-20)23(28)31-15-21-25-22(26-32-21)18-6-4-12-24-14-18/h3-14H,15H2,1-2H3. The van der Waals surface area contributed by atoms with E-state index in [0.717, 1.165) is 9.87 Å². The molecule has 0 atom stereocenters. The summed E-state index contributed by atoms with van der Waals surface area (Å²) in [7, 11) is -2.42. The first-order valence-electron chi connectivity index (χ1n) is 9.90. The number of anilines is 1. The van der Waals surface area contributed by atoms with E-state index in [1.54, 1.807) is 36.7 Å². The molecule has 9 nitrogen and oxygen atoms in total. The molecule has 0 radical (unpaired) electrons. The van der Waals surface area contributed by atoms with E-state index in [0.29, 0.717) is 17.1 Å². The van der Waals surface area contributed by atoms with Gasteiger partial charge in [0.05, 0.1) is 16.1 Å². The molecule has 168 valence electrons. The third kappa shape index (κ3) is 4.90. The minimum atomic E-state index is -3.88. The lowest BCUT2D eigenvalue weighted by atomic mass is 10.2. The van der Waals surface area contributed by atoms with E-state index in [1.807, 2.05) is 19.1 Å². The highest BCUT2D eigenvalue weighted by Gasteiger charge is 2.23. The van der Waals surface area contributed by atoms with Crippen molar-refractivity contribution < 1.29 is 22.5 Å². The van der Waals surface area contributed by atoms with Gasteiger partial charge in [-0.3, -0.25) is 9.29 Å². The summed E-state index contributed by atoms with van der Waals surface area (Å²) >= 11 is 0. The number of hydrogen-bond acceptors (Lipinski definition) is 8. The number of esters is 1. The van der Waals surface area contributed by atoms with Gasteiger partial charge in [0.1, 0.15) is 0 Å². The average Bonchev–Trinajstić information content (AvgIpc) is 3.32. The number of aryl methyl sites for hydroxylation is 1. The molecule has 4 aromatic rings. The molecular formula is C23H20N4O5S. The Morgan fingerprint density at radius 3 is 2.61 bits per heavy atom. The van der Waals surface area contributed by atoms with Gasteiger partial charge in [-0.1, -0.05) is 28.9 Å². The van der Waals surface area contributed by atoms with Crippen LogP contribution in [0.15, 0.2) is 82.5 Å². The van der Waals surface area contributed by atoms with Crippen LogP contribution in [0.5, 0.6) is 0 Å². The van der Waals surface area contributed by atoms with Crippen LogP contribution in [0.3, 0.4) is 0 Å². The first-order valence-corrected chi connectivity index (χ1v) is 11.3. The zero-order valence-corrected chi connectivity index (χ0v) is 18.7. The van der Waals surface area contributed by atoms with Crippen molar-refractivity contribution in [1.82, 2.24) is 15.1 Å². The summed E-state index contributed by atoms with van der Waals surface area (Å²) < 4.78 is 37.6. The van der Waals surface area contributed by atoms with Crippen molar-refractivity contribution in [3.05, 3.63) is 90.1 Å². The first kappa shape index (κ1) is 22.2. The predicted molar refractivity (Wildman–Crippen MR) is 120 cm³/mol. The monoisotopic (exact) mass is 464 g/mol. The molecule has 10 heteroatoms. The fraction of sp³-hybridized carbons (Fsp3) is 0.130. The van der Waals surface area contributed by atoms with Crippen molar-refractivity contribution in [2.24, 2.45) is 0 Å². The molecule has 0 saturated heterocycles. The van der Waals surface area contributed by atoms with Crippen LogP contribution >= 0.6 is 0 Å². The van der Waals surface area contributed by atoms with Gasteiger partial charge >= 0.3 is 5.97 Å². The molecule has 2 aromatic heterocycles. The molecular weight excluding hydrogens is 444 g/mol. The van der Waals surface area contributed by atoms with Crippen molar-refractivity contribution in [2.45, 2.75) is 18.4 Å². The van der Waals surface area contributed by atoms with E-state index in [9.17, 15) is 13.2 Å². The van der Waals surface area contributed by atoms with Gasteiger partial charge in [-0.15, -0.1) is 0 Å². The molecule has 2 aromatic carbocycles. The Kier molecular flexibility index (Phi) is 6.18. The van der Waals surface area contributed by atoms with Crippen molar-refractivity contribution in [1.29, 1.82) is 0 Å². The summed E-state index contributed by atoms with van der Waals surface area (Å²) in [5, 5.41) is 3.83. The van der Waals surface area contributed by atoms with E-state index >= 15 is 0 Å². The Balaban J connectivity index is 1.46. The number of carbonyl (C=O) groups is 1. The van der Waals surface area contributed by atoms with Gasteiger partial charge in [-0.05, 0) is 49.4 Å². The molecule has 2 heterocycles. The third-order valence-corrected chi connectivity index (χ3v) is 6.62. The average molecular weight is 465 g/mol. The van der Waals surface area contributed by atoms with E-state index in [-0.39, 0.29) is 23.0 Å². The SMILES string of the molecule is Cc1ccc(N(C)S(=O)(=O)c2cccc(C(=O)OCc3nc(-c4cccnc4)no3)c2)cc1. The van der Waals surface area contributed by atoms with Gasteiger partial charge in [0.2, 0.25) is 5.82 Å². The smallest absolute Gasteiger partial charge is 0.338 e. The largest absolute Gasteiger partial charge is 0.452 e. The molecule has 0 spiro atoms. The molecule has 0 saturated carbocycles. The molecule has 0 aliphatic heterocycles. The molecule has 0 aliphatic carbocycles. The van der Waals surface area contributed by atoms with Crippen molar-refractivity contribution in [3.8, 4) is 11.4 Å². The Bertz CT molecular complexity index is 1370. The number of sulfonamides is 1. The summed E-state index contributed by atoms with van der Waals surface area (Å²) in [6.07, 6.45) is 3.21. The number of carbonyl (C=O) groups excluding carboxylic acids is 1. The van der Waals surface area contributed by atoms with Gasteiger partial charge in [0, 0.05) is 25.0 Å². The summed E-state index contributed by atoms with van der Waals surface area (Å²) in [4.78, 5) is 20.6. The number of pyridine rings is 1. The highest BCUT2D eigenvalue weighted by Crippen LogP contribution is 2.23. The number of nitrogens with zero attached hydrogens (tertiary/aromatic N) is 4. The van der Waals surface area contributed by atoms with Gasteiger partial charge in [-0.25, -0.2) is 13.2 Å². The van der Waals surface area contributed by atoms with Crippen LogP contribution in [-0.4, -0.2) is 36.6 Å². The fourth-order valence-corrected chi connectivity index (χ4v) is 4.21. The topological polar surface area (TPSA) is 115 Å². The summed E-state index contributed by atoms with van der Waals surface area (Å²) in [6.45, 7) is 1.66. The summed E-state index contributed by atoms with van der Waals surface area (Å²) in [6, 6.07) is 16.3. The summed E-state index contributed by atoms with van der Waals surface area (Å²) in [5.41, 5.74) is 2.27. The second-order valence-electron chi connectivity index (χ2n) is 7.17.